The zero-order chi connectivity index (χ0) is 19.2. The summed E-state index contributed by atoms with van der Waals surface area (Å²) in [6.45, 7) is 1.69. The predicted molar refractivity (Wildman–Crippen MR) is 97.7 cm³/mol. The number of rotatable bonds is 3. The Labute approximate surface area is 156 Å². The first-order chi connectivity index (χ1) is 12.9. The van der Waals surface area contributed by atoms with Gasteiger partial charge < -0.3 is 15.2 Å². The highest BCUT2D eigenvalue weighted by atomic mass is 19.1. The van der Waals surface area contributed by atoms with Crippen LogP contribution in [0.4, 0.5) is 10.1 Å². The van der Waals surface area contributed by atoms with E-state index >= 15 is 0 Å². The molecule has 2 aromatic rings. The lowest BCUT2D eigenvalue weighted by Crippen LogP contribution is -2.41. The number of nitrogens with one attached hydrogen (secondary N) is 1. The SMILES string of the molecule is Cc1cc(O[C@H]2CC[C@@]3(CC2)C(=O)Nc2ccc(C(=O)O)cc23)ccc1F. The van der Waals surface area contributed by atoms with Gasteiger partial charge in [-0.1, -0.05) is 0 Å². The maximum absolute atomic E-state index is 13.4. The number of carboxylic acid groups (broad SMARTS) is 1. The molecule has 0 saturated heterocycles. The molecule has 0 radical (unpaired) electrons. The molecule has 2 aromatic carbocycles. The van der Waals surface area contributed by atoms with Crippen molar-refractivity contribution in [1.29, 1.82) is 0 Å². The molecule has 1 saturated carbocycles. The molecule has 1 fully saturated rings. The van der Waals surface area contributed by atoms with Crippen LogP contribution in [0.3, 0.4) is 0 Å². The zero-order valence-corrected chi connectivity index (χ0v) is 14.9. The zero-order valence-electron chi connectivity index (χ0n) is 14.9. The quantitative estimate of drug-likeness (QED) is 0.856. The van der Waals surface area contributed by atoms with E-state index in [2.05, 4.69) is 5.32 Å². The lowest BCUT2D eigenvalue weighted by atomic mass is 9.69. The smallest absolute Gasteiger partial charge is 0.335 e. The van der Waals surface area contributed by atoms with E-state index in [4.69, 9.17) is 4.74 Å². The van der Waals surface area contributed by atoms with Crippen molar-refractivity contribution in [2.75, 3.05) is 5.32 Å². The molecule has 1 aliphatic carbocycles. The van der Waals surface area contributed by atoms with Crippen molar-refractivity contribution in [2.45, 2.75) is 44.1 Å². The van der Waals surface area contributed by atoms with Gasteiger partial charge in [-0.25, -0.2) is 9.18 Å². The maximum Gasteiger partial charge on any atom is 0.335 e. The third-order valence-corrected chi connectivity index (χ3v) is 5.68. The first kappa shape index (κ1) is 17.5. The number of aryl methyl sites for hydroxylation is 1. The Kier molecular flexibility index (Phi) is 4.13. The van der Waals surface area contributed by atoms with E-state index in [9.17, 15) is 19.1 Å². The third-order valence-electron chi connectivity index (χ3n) is 5.68. The Morgan fingerprint density at radius 2 is 1.96 bits per heavy atom. The van der Waals surface area contributed by atoms with Crippen molar-refractivity contribution < 1.29 is 23.8 Å². The molecule has 1 spiro atoms. The van der Waals surface area contributed by atoms with Crippen molar-refractivity contribution in [3.63, 3.8) is 0 Å². The van der Waals surface area contributed by atoms with E-state index in [-0.39, 0.29) is 23.4 Å². The normalized spacial score (nSPS) is 23.8. The highest BCUT2D eigenvalue weighted by Crippen LogP contribution is 2.48. The molecular formula is C21H20FNO4. The molecule has 1 heterocycles. The van der Waals surface area contributed by atoms with Crippen LogP contribution in [0.15, 0.2) is 36.4 Å². The summed E-state index contributed by atoms with van der Waals surface area (Å²) in [5.74, 6) is -0.718. The molecule has 140 valence electrons. The van der Waals surface area contributed by atoms with Gasteiger partial charge in [-0.2, -0.15) is 0 Å². The van der Waals surface area contributed by atoms with Gasteiger partial charge in [-0.05, 0) is 80.1 Å². The number of carbonyl (C=O) groups is 2. The van der Waals surface area contributed by atoms with Crippen molar-refractivity contribution in [3.8, 4) is 5.75 Å². The molecule has 27 heavy (non-hydrogen) atoms. The van der Waals surface area contributed by atoms with Crippen LogP contribution in [0.2, 0.25) is 0 Å². The molecule has 6 heteroatoms. The summed E-state index contributed by atoms with van der Waals surface area (Å²) < 4.78 is 19.4. The number of carboxylic acids is 1. The average Bonchev–Trinajstić information content (AvgIpc) is 2.91. The second-order valence-corrected chi connectivity index (χ2v) is 7.33. The largest absolute Gasteiger partial charge is 0.490 e. The standard InChI is InChI=1S/C21H20FNO4/c1-12-10-15(3-4-17(12)22)27-14-6-8-21(9-7-14)16-11-13(19(24)25)2-5-18(16)23-20(21)26/h2-5,10-11,14H,6-9H2,1H3,(H,23,26)(H,24,25)/t14-,21-. The topological polar surface area (TPSA) is 75.6 Å². The number of anilines is 1. The second-order valence-electron chi connectivity index (χ2n) is 7.33. The Bertz CT molecular complexity index is 932. The lowest BCUT2D eigenvalue weighted by Gasteiger charge is -2.35. The van der Waals surface area contributed by atoms with Crippen LogP contribution >= 0.6 is 0 Å². The van der Waals surface area contributed by atoms with Crippen molar-refractivity contribution >= 4 is 17.6 Å². The molecule has 2 aliphatic rings. The van der Waals surface area contributed by atoms with Gasteiger partial charge in [0.05, 0.1) is 17.1 Å². The Hall–Kier alpha value is -2.89. The minimum Gasteiger partial charge on any atom is -0.490 e. The number of carbonyl (C=O) groups excluding carboxylic acids is 1. The summed E-state index contributed by atoms with van der Waals surface area (Å²) in [6.07, 6.45) is 2.45. The highest BCUT2D eigenvalue weighted by molar-refractivity contribution is 6.07. The number of benzene rings is 2. The number of hydrogen-bond acceptors (Lipinski definition) is 3. The van der Waals surface area contributed by atoms with Gasteiger partial charge in [0.2, 0.25) is 5.91 Å². The molecule has 0 aromatic heterocycles. The second kappa shape index (κ2) is 6.37. The van der Waals surface area contributed by atoms with Gasteiger partial charge in [0, 0.05) is 5.69 Å². The number of ether oxygens (including phenoxy) is 1. The Balaban J connectivity index is 1.53. The first-order valence-electron chi connectivity index (χ1n) is 9.01. The molecule has 0 atom stereocenters. The van der Waals surface area contributed by atoms with Gasteiger partial charge in [-0.15, -0.1) is 0 Å². The minimum atomic E-state index is -1.00. The Morgan fingerprint density at radius 1 is 1.22 bits per heavy atom. The highest BCUT2D eigenvalue weighted by Gasteiger charge is 2.49. The maximum atomic E-state index is 13.4. The van der Waals surface area contributed by atoms with Crippen molar-refractivity contribution in [2.24, 2.45) is 0 Å². The summed E-state index contributed by atoms with van der Waals surface area (Å²) in [5, 5.41) is 12.2. The fraction of sp³-hybridized carbons (Fsp3) is 0.333. The Morgan fingerprint density at radius 3 is 2.63 bits per heavy atom. The van der Waals surface area contributed by atoms with Crippen LogP contribution in [0.25, 0.3) is 0 Å². The summed E-state index contributed by atoms with van der Waals surface area (Å²) in [5.41, 5.74) is 1.48. The fourth-order valence-electron chi connectivity index (χ4n) is 4.13. The summed E-state index contributed by atoms with van der Waals surface area (Å²) >= 11 is 0. The van der Waals surface area contributed by atoms with E-state index in [0.29, 0.717) is 42.7 Å². The molecular weight excluding hydrogens is 349 g/mol. The predicted octanol–water partition coefficient (Wildman–Crippen LogP) is 4.04. The van der Waals surface area contributed by atoms with Crippen LogP contribution in [-0.2, 0) is 10.2 Å². The molecule has 0 bridgehead atoms. The van der Waals surface area contributed by atoms with Crippen LogP contribution in [0.1, 0.15) is 47.2 Å². The third kappa shape index (κ3) is 2.95. The summed E-state index contributed by atoms with van der Waals surface area (Å²) in [7, 11) is 0. The minimum absolute atomic E-state index is 0.0556. The number of amides is 1. The van der Waals surface area contributed by atoms with Crippen LogP contribution < -0.4 is 10.1 Å². The fourth-order valence-corrected chi connectivity index (χ4v) is 4.13. The number of fused-ring (bicyclic) bond motifs is 2. The molecule has 1 aliphatic heterocycles. The van der Waals surface area contributed by atoms with Gasteiger partial charge in [-0.3, -0.25) is 4.79 Å². The molecule has 5 nitrogen and oxygen atoms in total. The van der Waals surface area contributed by atoms with Gasteiger partial charge in [0.15, 0.2) is 0 Å². The first-order valence-corrected chi connectivity index (χ1v) is 9.01. The molecule has 4 rings (SSSR count). The van der Waals surface area contributed by atoms with Crippen molar-refractivity contribution in [3.05, 3.63) is 58.9 Å². The van der Waals surface area contributed by atoms with E-state index in [1.807, 2.05) is 0 Å². The van der Waals surface area contributed by atoms with Crippen LogP contribution in [0.5, 0.6) is 5.75 Å². The summed E-state index contributed by atoms with van der Waals surface area (Å²) in [4.78, 5) is 24.0. The molecule has 0 unspecified atom stereocenters. The van der Waals surface area contributed by atoms with Gasteiger partial charge >= 0.3 is 5.97 Å². The van der Waals surface area contributed by atoms with E-state index in [0.717, 1.165) is 5.56 Å². The van der Waals surface area contributed by atoms with Crippen molar-refractivity contribution in [1.82, 2.24) is 0 Å². The van der Waals surface area contributed by atoms with Gasteiger partial charge in [0.1, 0.15) is 11.6 Å². The average molecular weight is 369 g/mol. The monoisotopic (exact) mass is 369 g/mol. The molecule has 2 N–H and O–H groups in total. The van der Waals surface area contributed by atoms with Crippen LogP contribution in [-0.4, -0.2) is 23.1 Å². The lowest BCUT2D eigenvalue weighted by molar-refractivity contribution is -0.122. The number of hydrogen-bond donors (Lipinski definition) is 2. The van der Waals surface area contributed by atoms with E-state index in [1.165, 1.54) is 12.1 Å². The van der Waals surface area contributed by atoms with Gasteiger partial charge in [0.25, 0.3) is 0 Å². The number of aromatic carboxylic acids is 1. The van der Waals surface area contributed by atoms with E-state index < -0.39 is 11.4 Å². The number of halogens is 1. The summed E-state index contributed by atoms with van der Waals surface area (Å²) in [6, 6.07) is 9.46. The molecule has 1 amide bonds. The van der Waals surface area contributed by atoms with E-state index in [1.54, 1.807) is 31.2 Å². The van der Waals surface area contributed by atoms with Crippen LogP contribution in [0, 0.1) is 12.7 Å².